The molecule has 3 rings (SSSR count). The average Bonchev–Trinajstić information content (AvgIpc) is 3.18. The van der Waals surface area contributed by atoms with Gasteiger partial charge in [0.05, 0.1) is 11.3 Å². The molecule has 1 saturated carbocycles. The molecule has 9 heteroatoms. The second-order valence-corrected chi connectivity index (χ2v) is 10.4. The number of ether oxygens (including phenoxy) is 1. The lowest BCUT2D eigenvalue weighted by molar-refractivity contribution is 0.0152. The van der Waals surface area contributed by atoms with Gasteiger partial charge in [-0.2, -0.15) is 0 Å². The molecule has 0 unspecified atom stereocenters. The fraction of sp³-hybridized carbons (Fsp3) is 0.826. The van der Waals surface area contributed by atoms with E-state index in [1.165, 1.54) is 0 Å². The smallest absolute Gasteiger partial charge is 0.407 e. The molecule has 1 aromatic heterocycles. The summed E-state index contributed by atoms with van der Waals surface area (Å²) in [5.41, 5.74) is -1.56. The van der Waals surface area contributed by atoms with E-state index in [0.717, 1.165) is 26.3 Å². The maximum Gasteiger partial charge on any atom is 0.407 e. The maximum absolute atomic E-state index is 15.3. The number of halogens is 3. The lowest BCUT2D eigenvalue weighted by Crippen LogP contribution is -2.45. The first kappa shape index (κ1) is 24.9. The van der Waals surface area contributed by atoms with Crippen LogP contribution in [0.2, 0.25) is 0 Å². The van der Waals surface area contributed by atoms with E-state index < -0.39 is 23.3 Å². The van der Waals surface area contributed by atoms with Gasteiger partial charge < -0.3 is 19.5 Å². The first-order chi connectivity index (χ1) is 14.8. The van der Waals surface area contributed by atoms with Gasteiger partial charge in [-0.15, -0.1) is 0 Å². The van der Waals surface area contributed by atoms with Crippen molar-refractivity contribution in [2.24, 2.45) is 0 Å². The highest BCUT2D eigenvalue weighted by Crippen LogP contribution is 2.38. The van der Waals surface area contributed by atoms with E-state index in [4.69, 9.17) is 9.26 Å². The van der Waals surface area contributed by atoms with Gasteiger partial charge in [0.1, 0.15) is 17.5 Å². The van der Waals surface area contributed by atoms with E-state index in [2.05, 4.69) is 15.4 Å². The number of hydrogen-bond donors (Lipinski definition) is 1. The van der Waals surface area contributed by atoms with Crippen LogP contribution in [0.1, 0.15) is 89.8 Å². The topological polar surface area (TPSA) is 67.6 Å². The van der Waals surface area contributed by atoms with Crippen molar-refractivity contribution in [2.75, 3.05) is 19.6 Å². The van der Waals surface area contributed by atoms with Crippen molar-refractivity contribution in [2.45, 2.75) is 102 Å². The van der Waals surface area contributed by atoms with Crippen molar-refractivity contribution in [3.8, 4) is 0 Å². The molecule has 1 amide bonds. The number of aromatic nitrogens is 1. The van der Waals surface area contributed by atoms with Crippen molar-refractivity contribution in [3.05, 3.63) is 17.5 Å². The molecule has 0 atom stereocenters. The van der Waals surface area contributed by atoms with Crippen LogP contribution in [-0.2, 0) is 10.7 Å². The Morgan fingerprint density at radius 2 is 1.84 bits per heavy atom. The highest BCUT2D eigenvalue weighted by Gasteiger charge is 2.38. The second kappa shape index (κ2) is 9.61. The van der Waals surface area contributed by atoms with Gasteiger partial charge in [-0.05, 0) is 78.8 Å². The van der Waals surface area contributed by atoms with E-state index in [1.54, 1.807) is 0 Å². The number of nitrogens with one attached hydrogen (secondary N) is 1. The number of nitrogens with zero attached hydrogens (tertiary/aromatic N) is 2. The van der Waals surface area contributed by atoms with E-state index >= 15 is 4.39 Å². The molecule has 182 valence electrons. The minimum Gasteiger partial charge on any atom is -0.444 e. The van der Waals surface area contributed by atoms with Gasteiger partial charge in [-0.25, -0.2) is 18.0 Å². The Balaban J connectivity index is 1.40. The van der Waals surface area contributed by atoms with Gasteiger partial charge in [0.2, 0.25) is 0 Å². The zero-order valence-electron chi connectivity index (χ0n) is 19.6. The number of rotatable bonds is 6. The Morgan fingerprint density at radius 3 is 2.41 bits per heavy atom. The quantitative estimate of drug-likeness (QED) is 0.606. The summed E-state index contributed by atoms with van der Waals surface area (Å²) >= 11 is 0. The Labute approximate surface area is 188 Å². The van der Waals surface area contributed by atoms with Crippen LogP contribution in [-0.4, -0.2) is 53.1 Å². The van der Waals surface area contributed by atoms with E-state index in [0.29, 0.717) is 57.2 Å². The SMILES string of the molecule is CC(C)(C)OC(=O)N[C@H]1CC[C@](F)(CCN2CCC(c3nocc3C(C)(F)F)CC2)CC1. The van der Waals surface area contributed by atoms with Crippen LogP contribution in [0.15, 0.2) is 10.8 Å². The highest BCUT2D eigenvalue weighted by molar-refractivity contribution is 5.68. The third-order valence-corrected chi connectivity index (χ3v) is 6.52. The minimum absolute atomic E-state index is 0.0560. The number of alkyl carbamates (subject to hydrolysis) is 1. The monoisotopic (exact) mass is 459 g/mol. The zero-order valence-corrected chi connectivity index (χ0v) is 19.6. The van der Waals surface area contributed by atoms with Crippen LogP contribution >= 0.6 is 0 Å². The van der Waals surface area contributed by atoms with Gasteiger partial charge >= 0.3 is 6.09 Å². The predicted octanol–water partition coefficient (Wildman–Crippen LogP) is 5.53. The minimum atomic E-state index is -2.97. The number of piperidine rings is 1. The molecule has 1 N–H and O–H groups in total. The molecular weight excluding hydrogens is 423 g/mol. The van der Waals surface area contributed by atoms with Crippen molar-refractivity contribution in [1.82, 2.24) is 15.4 Å². The number of likely N-dealkylation sites (tertiary alicyclic amines) is 1. The molecular formula is C23H36F3N3O3. The Bertz CT molecular complexity index is 757. The van der Waals surface area contributed by atoms with Gasteiger partial charge in [-0.1, -0.05) is 5.16 Å². The predicted molar refractivity (Wildman–Crippen MR) is 115 cm³/mol. The third kappa shape index (κ3) is 6.86. The molecule has 2 aliphatic rings. The van der Waals surface area contributed by atoms with Crippen LogP contribution in [0.25, 0.3) is 0 Å². The third-order valence-electron chi connectivity index (χ3n) is 6.52. The van der Waals surface area contributed by atoms with E-state index in [9.17, 15) is 13.6 Å². The molecule has 32 heavy (non-hydrogen) atoms. The molecule has 2 fully saturated rings. The number of alkyl halides is 3. The molecule has 1 aliphatic heterocycles. The summed E-state index contributed by atoms with van der Waals surface area (Å²) in [7, 11) is 0. The molecule has 0 aromatic carbocycles. The van der Waals surface area contributed by atoms with E-state index in [1.807, 2.05) is 20.8 Å². The summed E-state index contributed by atoms with van der Waals surface area (Å²) in [4.78, 5) is 14.1. The van der Waals surface area contributed by atoms with Crippen LogP contribution < -0.4 is 5.32 Å². The number of hydrogen-bond acceptors (Lipinski definition) is 5. The summed E-state index contributed by atoms with van der Waals surface area (Å²) in [6, 6.07) is -0.0576. The summed E-state index contributed by atoms with van der Waals surface area (Å²) in [6.45, 7) is 8.39. The fourth-order valence-electron chi connectivity index (χ4n) is 4.66. The standard InChI is InChI=1S/C23H36F3N3O3/c1-21(2,3)32-20(30)27-17-5-9-23(26,10-6-17)11-14-29-12-7-16(8-13-29)19-18(15-31-28-19)22(4,24)25/h15-17H,5-14H2,1-4H3,(H,27,30)/t17-,23+. The van der Waals surface area contributed by atoms with Gasteiger partial charge in [0.25, 0.3) is 5.92 Å². The van der Waals surface area contributed by atoms with Gasteiger partial charge in [-0.3, -0.25) is 0 Å². The molecule has 0 spiro atoms. The molecule has 1 aliphatic carbocycles. The average molecular weight is 460 g/mol. The molecule has 1 aromatic rings. The Hall–Kier alpha value is -1.77. The van der Waals surface area contributed by atoms with Crippen LogP contribution in [0, 0.1) is 0 Å². The zero-order chi connectivity index (χ0) is 23.6. The fourth-order valence-corrected chi connectivity index (χ4v) is 4.66. The Kier molecular flexibility index (Phi) is 7.47. The summed E-state index contributed by atoms with van der Waals surface area (Å²) < 4.78 is 52.9. The largest absolute Gasteiger partial charge is 0.444 e. The molecule has 1 saturated heterocycles. The van der Waals surface area contributed by atoms with Gasteiger partial charge in [0, 0.05) is 25.4 Å². The molecule has 2 heterocycles. The van der Waals surface area contributed by atoms with Crippen molar-refractivity contribution < 1.29 is 27.2 Å². The summed E-state index contributed by atoms with van der Waals surface area (Å²) in [5, 5.41) is 6.68. The number of carbonyl (C=O) groups is 1. The Morgan fingerprint density at radius 1 is 1.22 bits per heavy atom. The van der Waals surface area contributed by atoms with Crippen molar-refractivity contribution >= 4 is 6.09 Å². The molecule has 0 bridgehead atoms. The number of carbonyl (C=O) groups excluding carboxylic acids is 1. The molecule has 6 nitrogen and oxygen atoms in total. The second-order valence-electron chi connectivity index (χ2n) is 10.4. The van der Waals surface area contributed by atoms with Crippen molar-refractivity contribution in [1.29, 1.82) is 0 Å². The summed E-state index contributed by atoms with van der Waals surface area (Å²) in [6.07, 6.45) is 4.47. The lowest BCUT2D eigenvalue weighted by Gasteiger charge is -2.37. The lowest BCUT2D eigenvalue weighted by atomic mass is 9.81. The number of amides is 1. The van der Waals surface area contributed by atoms with E-state index in [-0.39, 0.29) is 17.5 Å². The first-order valence-electron chi connectivity index (χ1n) is 11.6. The van der Waals surface area contributed by atoms with Crippen molar-refractivity contribution in [3.63, 3.8) is 0 Å². The maximum atomic E-state index is 15.3. The van der Waals surface area contributed by atoms with Gasteiger partial charge in [0.15, 0.2) is 0 Å². The summed E-state index contributed by atoms with van der Waals surface area (Å²) in [5.74, 6) is -3.02. The molecule has 0 radical (unpaired) electrons. The van der Waals surface area contributed by atoms with Crippen LogP contribution in [0.4, 0.5) is 18.0 Å². The first-order valence-corrected chi connectivity index (χ1v) is 11.6. The normalized spacial score (nSPS) is 26.2. The van der Waals surface area contributed by atoms with Crippen LogP contribution in [0.5, 0.6) is 0 Å². The van der Waals surface area contributed by atoms with Crippen LogP contribution in [0.3, 0.4) is 0 Å². The highest BCUT2D eigenvalue weighted by atomic mass is 19.3.